The van der Waals surface area contributed by atoms with Crippen LogP contribution in [0.4, 0.5) is 0 Å². The van der Waals surface area contributed by atoms with Gasteiger partial charge in [-0.05, 0) is 62.7 Å². The number of hydrogen-bond acceptors (Lipinski definition) is 2. The first-order valence-electron chi connectivity index (χ1n) is 7.13. The molecular weight excluding hydrogens is 279 g/mol. The zero-order valence-corrected chi connectivity index (χ0v) is 12.8. The lowest BCUT2D eigenvalue weighted by molar-refractivity contribution is 0.229. The molecule has 0 aliphatic carbocycles. The topological polar surface area (TPSA) is 15.3 Å². The molecule has 1 aromatic rings. The van der Waals surface area contributed by atoms with Crippen molar-refractivity contribution in [3.8, 4) is 0 Å². The van der Waals surface area contributed by atoms with Gasteiger partial charge in [0.05, 0.1) is 0 Å². The van der Waals surface area contributed by atoms with Crippen molar-refractivity contribution >= 4 is 23.2 Å². The van der Waals surface area contributed by atoms with E-state index in [0.717, 1.165) is 41.7 Å². The van der Waals surface area contributed by atoms with E-state index >= 15 is 0 Å². The highest BCUT2D eigenvalue weighted by Crippen LogP contribution is 2.20. The van der Waals surface area contributed by atoms with Crippen LogP contribution in [0.2, 0.25) is 10.0 Å². The molecule has 2 rings (SSSR count). The molecule has 0 aromatic heterocycles. The van der Waals surface area contributed by atoms with Crippen LogP contribution in [-0.2, 0) is 6.42 Å². The molecule has 0 spiro atoms. The average molecular weight is 301 g/mol. The number of benzene rings is 1. The maximum atomic E-state index is 6.14. The minimum atomic E-state index is 0.757. The van der Waals surface area contributed by atoms with Crippen molar-refractivity contribution in [2.24, 2.45) is 0 Å². The van der Waals surface area contributed by atoms with Gasteiger partial charge < -0.3 is 10.2 Å². The van der Waals surface area contributed by atoms with Gasteiger partial charge in [0.15, 0.2) is 0 Å². The molecule has 4 heteroatoms. The highest BCUT2D eigenvalue weighted by molar-refractivity contribution is 6.33. The zero-order valence-electron chi connectivity index (χ0n) is 11.3. The molecule has 0 saturated carbocycles. The van der Waals surface area contributed by atoms with Gasteiger partial charge in [0.25, 0.3) is 0 Å². The molecule has 0 atom stereocenters. The van der Waals surface area contributed by atoms with Crippen molar-refractivity contribution in [3.63, 3.8) is 0 Å². The van der Waals surface area contributed by atoms with Crippen molar-refractivity contribution in [2.75, 3.05) is 32.7 Å². The van der Waals surface area contributed by atoms with Crippen LogP contribution >= 0.6 is 23.2 Å². The summed E-state index contributed by atoms with van der Waals surface area (Å²) in [6.45, 7) is 5.69. The summed E-state index contributed by atoms with van der Waals surface area (Å²) in [7, 11) is 0. The van der Waals surface area contributed by atoms with E-state index in [0.29, 0.717) is 0 Å². The van der Waals surface area contributed by atoms with Crippen LogP contribution in [0, 0.1) is 0 Å². The molecule has 1 saturated heterocycles. The molecule has 1 aromatic carbocycles. The molecule has 1 fully saturated rings. The smallest absolute Gasteiger partial charge is 0.0439 e. The monoisotopic (exact) mass is 300 g/mol. The van der Waals surface area contributed by atoms with E-state index < -0.39 is 0 Å². The van der Waals surface area contributed by atoms with Crippen LogP contribution < -0.4 is 5.32 Å². The lowest BCUT2D eigenvalue weighted by atomic mass is 10.1. The summed E-state index contributed by atoms with van der Waals surface area (Å²) in [4.78, 5) is 2.54. The van der Waals surface area contributed by atoms with E-state index in [1.54, 1.807) is 0 Å². The highest BCUT2D eigenvalue weighted by Gasteiger charge is 2.08. The first kappa shape index (κ1) is 15.1. The highest BCUT2D eigenvalue weighted by atomic mass is 35.5. The van der Waals surface area contributed by atoms with Crippen molar-refractivity contribution in [3.05, 3.63) is 33.8 Å². The predicted octanol–water partition coefficient (Wildman–Crippen LogP) is 3.61. The molecule has 1 aliphatic heterocycles. The number of nitrogens with zero attached hydrogens (tertiary/aromatic N) is 1. The van der Waals surface area contributed by atoms with Gasteiger partial charge in [-0.2, -0.15) is 0 Å². The van der Waals surface area contributed by atoms with E-state index in [4.69, 9.17) is 23.2 Å². The first-order valence-corrected chi connectivity index (χ1v) is 7.88. The molecule has 19 heavy (non-hydrogen) atoms. The molecule has 2 nitrogen and oxygen atoms in total. The predicted molar refractivity (Wildman–Crippen MR) is 83.3 cm³/mol. The average Bonchev–Trinajstić information content (AvgIpc) is 2.43. The fraction of sp³-hybridized carbons (Fsp3) is 0.600. The Morgan fingerprint density at radius 2 is 1.84 bits per heavy atom. The third-order valence-electron chi connectivity index (χ3n) is 3.63. The Morgan fingerprint density at radius 1 is 1.05 bits per heavy atom. The van der Waals surface area contributed by atoms with Crippen molar-refractivity contribution in [2.45, 2.75) is 25.7 Å². The van der Waals surface area contributed by atoms with Gasteiger partial charge >= 0.3 is 0 Å². The number of halogens is 2. The second-order valence-corrected chi connectivity index (χ2v) is 5.98. The molecule has 0 bridgehead atoms. The van der Waals surface area contributed by atoms with Crippen LogP contribution in [0.25, 0.3) is 0 Å². The van der Waals surface area contributed by atoms with Crippen molar-refractivity contribution < 1.29 is 0 Å². The standard InChI is InChI=1S/C15H22Cl2N2/c16-14-4-5-15(17)13(12-14)6-7-18-8-11-19-9-2-1-3-10-19/h4-5,12,18H,1-3,6-11H2. The van der Waals surface area contributed by atoms with Gasteiger partial charge in [0.1, 0.15) is 0 Å². The minimum Gasteiger partial charge on any atom is -0.315 e. The third-order valence-corrected chi connectivity index (χ3v) is 4.24. The second kappa shape index (κ2) is 8.11. The van der Waals surface area contributed by atoms with E-state index in [2.05, 4.69) is 10.2 Å². The van der Waals surface area contributed by atoms with Crippen LogP contribution in [0.5, 0.6) is 0 Å². The van der Waals surface area contributed by atoms with E-state index in [1.807, 2.05) is 18.2 Å². The minimum absolute atomic E-state index is 0.757. The number of hydrogen-bond donors (Lipinski definition) is 1. The summed E-state index contributed by atoms with van der Waals surface area (Å²) in [6.07, 6.45) is 5.05. The van der Waals surface area contributed by atoms with Gasteiger partial charge in [-0.1, -0.05) is 29.6 Å². The summed E-state index contributed by atoms with van der Waals surface area (Å²) in [5.41, 5.74) is 1.12. The zero-order chi connectivity index (χ0) is 13.5. The summed E-state index contributed by atoms with van der Waals surface area (Å²) in [5.74, 6) is 0. The van der Waals surface area contributed by atoms with Gasteiger partial charge in [0, 0.05) is 23.1 Å². The Kier molecular flexibility index (Phi) is 6.45. The summed E-state index contributed by atoms with van der Waals surface area (Å²) in [6, 6.07) is 5.65. The summed E-state index contributed by atoms with van der Waals surface area (Å²) >= 11 is 12.1. The van der Waals surface area contributed by atoms with E-state index in [9.17, 15) is 0 Å². The Labute approximate surface area is 126 Å². The molecule has 0 unspecified atom stereocenters. The molecule has 1 aliphatic rings. The Hall–Kier alpha value is -0.280. The number of likely N-dealkylation sites (tertiary alicyclic amines) is 1. The van der Waals surface area contributed by atoms with Crippen molar-refractivity contribution in [1.29, 1.82) is 0 Å². The molecular formula is C15H22Cl2N2. The molecule has 0 radical (unpaired) electrons. The van der Waals surface area contributed by atoms with Crippen LogP contribution in [0.3, 0.4) is 0 Å². The quantitative estimate of drug-likeness (QED) is 0.808. The summed E-state index contributed by atoms with van der Waals surface area (Å²) in [5, 5.41) is 5.05. The van der Waals surface area contributed by atoms with Crippen LogP contribution in [-0.4, -0.2) is 37.6 Å². The Morgan fingerprint density at radius 3 is 2.63 bits per heavy atom. The van der Waals surface area contributed by atoms with Crippen LogP contribution in [0.15, 0.2) is 18.2 Å². The van der Waals surface area contributed by atoms with Gasteiger partial charge in [-0.3, -0.25) is 0 Å². The first-order chi connectivity index (χ1) is 9.25. The SMILES string of the molecule is Clc1ccc(Cl)c(CCNCCN2CCCCC2)c1. The Bertz CT molecular complexity index is 390. The second-order valence-electron chi connectivity index (χ2n) is 5.14. The lowest BCUT2D eigenvalue weighted by Crippen LogP contribution is -2.36. The fourth-order valence-electron chi connectivity index (χ4n) is 2.50. The normalized spacial score (nSPS) is 16.7. The lowest BCUT2D eigenvalue weighted by Gasteiger charge is -2.26. The van der Waals surface area contributed by atoms with Crippen molar-refractivity contribution in [1.82, 2.24) is 10.2 Å². The molecule has 1 N–H and O–H groups in total. The van der Waals surface area contributed by atoms with Gasteiger partial charge in [-0.15, -0.1) is 0 Å². The third kappa shape index (κ3) is 5.31. The fourth-order valence-corrected chi connectivity index (χ4v) is 2.91. The van der Waals surface area contributed by atoms with Gasteiger partial charge in [-0.25, -0.2) is 0 Å². The Balaban J connectivity index is 1.62. The maximum Gasteiger partial charge on any atom is 0.0439 e. The maximum absolute atomic E-state index is 6.14. The van der Waals surface area contributed by atoms with E-state index in [-0.39, 0.29) is 0 Å². The number of piperidine rings is 1. The molecule has 1 heterocycles. The number of nitrogens with one attached hydrogen (secondary N) is 1. The largest absolute Gasteiger partial charge is 0.315 e. The van der Waals surface area contributed by atoms with E-state index in [1.165, 1.54) is 32.4 Å². The molecule has 106 valence electrons. The summed E-state index contributed by atoms with van der Waals surface area (Å²) < 4.78 is 0. The number of rotatable bonds is 6. The van der Waals surface area contributed by atoms with Crippen LogP contribution in [0.1, 0.15) is 24.8 Å². The van der Waals surface area contributed by atoms with Gasteiger partial charge in [0.2, 0.25) is 0 Å². The molecule has 0 amide bonds.